The molecule has 16 heavy (non-hydrogen) atoms. The van der Waals surface area contributed by atoms with Gasteiger partial charge in [0.05, 0.1) is 10.7 Å². The van der Waals surface area contributed by atoms with E-state index in [0.29, 0.717) is 22.2 Å². The molecule has 0 amide bonds. The maximum atomic E-state index is 13.1. The summed E-state index contributed by atoms with van der Waals surface area (Å²) in [7, 11) is 0. The summed E-state index contributed by atoms with van der Waals surface area (Å²) >= 11 is 11.6. The summed E-state index contributed by atoms with van der Waals surface area (Å²) in [5.74, 6) is -0.00543. The predicted molar refractivity (Wildman–Crippen MR) is 64.2 cm³/mol. The Morgan fingerprint density at radius 3 is 2.75 bits per heavy atom. The van der Waals surface area contributed by atoms with Crippen molar-refractivity contribution in [3.8, 4) is 11.3 Å². The highest BCUT2D eigenvalue weighted by molar-refractivity contribution is 6.30. The number of halogens is 3. The molecule has 2 rings (SSSR count). The average Bonchev–Trinajstić information content (AvgIpc) is 2.28. The molecule has 4 heteroatoms. The molecule has 1 heterocycles. The highest BCUT2D eigenvalue weighted by atomic mass is 35.5. The minimum absolute atomic E-state index is 0.291. The monoisotopic (exact) mass is 255 g/mol. The number of hydrogen-bond donors (Lipinski definition) is 0. The number of pyridine rings is 1. The molecule has 82 valence electrons. The van der Waals surface area contributed by atoms with E-state index < -0.39 is 0 Å². The van der Waals surface area contributed by atoms with E-state index in [1.54, 1.807) is 18.2 Å². The number of benzene rings is 1. The Hall–Kier alpha value is -1.12. The molecule has 0 saturated carbocycles. The SMILES string of the molecule is Fc1cccc(-c2ncc(Cl)cc2CCl)c1. The summed E-state index contributed by atoms with van der Waals surface area (Å²) in [6.45, 7) is 0. The number of aromatic nitrogens is 1. The van der Waals surface area contributed by atoms with E-state index >= 15 is 0 Å². The van der Waals surface area contributed by atoms with Crippen molar-refractivity contribution in [1.29, 1.82) is 0 Å². The maximum absolute atomic E-state index is 13.1. The van der Waals surface area contributed by atoms with Crippen LogP contribution in [0.3, 0.4) is 0 Å². The third-order valence-corrected chi connectivity index (χ3v) is 2.67. The Kier molecular flexibility index (Phi) is 3.42. The molecular weight excluding hydrogens is 248 g/mol. The topological polar surface area (TPSA) is 12.9 Å². The molecule has 0 unspecified atom stereocenters. The molecular formula is C12H8Cl2FN. The zero-order chi connectivity index (χ0) is 11.5. The van der Waals surface area contributed by atoms with Gasteiger partial charge in [0.2, 0.25) is 0 Å². The largest absolute Gasteiger partial charge is 0.254 e. The fraction of sp³-hybridized carbons (Fsp3) is 0.0833. The summed E-state index contributed by atoms with van der Waals surface area (Å²) in [6.07, 6.45) is 1.53. The van der Waals surface area contributed by atoms with Crippen LogP contribution in [0.5, 0.6) is 0 Å². The van der Waals surface area contributed by atoms with Gasteiger partial charge in [0, 0.05) is 17.6 Å². The molecule has 0 bridgehead atoms. The van der Waals surface area contributed by atoms with Gasteiger partial charge in [0.15, 0.2) is 0 Å². The highest BCUT2D eigenvalue weighted by Gasteiger charge is 2.07. The summed E-state index contributed by atoms with van der Waals surface area (Å²) < 4.78 is 13.1. The van der Waals surface area contributed by atoms with Crippen LogP contribution in [0, 0.1) is 5.82 Å². The molecule has 0 aliphatic heterocycles. The van der Waals surface area contributed by atoms with Crippen molar-refractivity contribution >= 4 is 23.2 Å². The van der Waals surface area contributed by atoms with Crippen molar-refractivity contribution in [2.24, 2.45) is 0 Å². The number of hydrogen-bond acceptors (Lipinski definition) is 1. The van der Waals surface area contributed by atoms with Crippen LogP contribution < -0.4 is 0 Å². The van der Waals surface area contributed by atoms with Crippen LogP contribution in [0.15, 0.2) is 36.5 Å². The summed E-state index contributed by atoms with van der Waals surface area (Å²) in [6, 6.07) is 7.97. The van der Waals surface area contributed by atoms with Crippen LogP contribution in [0.2, 0.25) is 5.02 Å². The van der Waals surface area contributed by atoms with E-state index in [4.69, 9.17) is 23.2 Å². The highest BCUT2D eigenvalue weighted by Crippen LogP contribution is 2.25. The van der Waals surface area contributed by atoms with Crippen molar-refractivity contribution in [3.05, 3.63) is 52.9 Å². The lowest BCUT2D eigenvalue weighted by Gasteiger charge is -2.06. The van der Waals surface area contributed by atoms with Crippen LogP contribution >= 0.6 is 23.2 Å². The Bertz CT molecular complexity index is 514. The lowest BCUT2D eigenvalue weighted by molar-refractivity contribution is 0.628. The van der Waals surface area contributed by atoms with Gasteiger partial charge in [-0.25, -0.2) is 4.39 Å². The lowest BCUT2D eigenvalue weighted by Crippen LogP contribution is -1.91. The predicted octanol–water partition coefficient (Wildman–Crippen LogP) is 4.28. The van der Waals surface area contributed by atoms with Crippen LogP contribution in [0.4, 0.5) is 4.39 Å². The number of rotatable bonds is 2. The third-order valence-electron chi connectivity index (χ3n) is 2.18. The van der Waals surface area contributed by atoms with Gasteiger partial charge < -0.3 is 0 Å². The quantitative estimate of drug-likeness (QED) is 0.731. The van der Waals surface area contributed by atoms with Crippen molar-refractivity contribution in [3.63, 3.8) is 0 Å². The molecule has 0 aliphatic rings. The zero-order valence-corrected chi connectivity index (χ0v) is 9.76. The van der Waals surface area contributed by atoms with E-state index in [1.165, 1.54) is 18.3 Å². The average molecular weight is 256 g/mol. The van der Waals surface area contributed by atoms with Gasteiger partial charge in [-0.05, 0) is 23.8 Å². The number of nitrogens with zero attached hydrogens (tertiary/aromatic N) is 1. The number of alkyl halides is 1. The van der Waals surface area contributed by atoms with Crippen molar-refractivity contribution in [1.82, 2.24) is 4.98 Å². The maximum Gasteiger partial charge on any atom is 0.123 e. The van der Waals surface area contributed by atoms with Gasteiger partial charge in [0.25, 0.3) is 0 Å². The molecule has 1 aromatic carbocycles. The van der Waals surface area contributed by atoms with Crippen molar-refractivity contribution in [2.45, 2.75) is 5.88 Å². The summed E-state index contributed by atoms with van der Waals surface area (Å²) in [5, 5.41) is 0.524. The van der Waals surface area contributed by atoms with Gasteiger partial charge in [-0.2, -0.15) is 0 Å². The van der Waals surface area contributed by atoms with E-state index in [1.807, 2.05) is 0 Å². The molecule has 0 spiro atoms. The van der Waals surface area contributed by atoms with Crippen LogP contribution in [-0.4, -0.2) is 4.98 Å². The molecule has 0 N–H and O–H groups in total. The van der Waals surface area contributed by atoms with E-state index in [0.717, 1.165) is 5.56 Å². The summed E-state index contributed by atoms with van der Waals surface area (Å²) in [5.41, 5.74) is 2.16. The van der Waals surface area contributed by atoms with Crippen LogP contribution in [-0.2, 0) is 5.88 Å². The first-order valence-corrected chi connectivity index (χ1v) is 5.58. The van der Waals surface area contributed by atoms with Crippen molar-refractivity contribution < 1.29 is 4.39 Å². The Morgan fingerprint density at radius 2 is 2.06 bits per heavy atom. The van der Waals surface area contributed by atoms with E-state index in [2.05, 4.69) is 4.98 Å². The standard InChI is InChI=1S/C12H8Cl2FN/c13-6-9-4-10(14)7-16-12(9)8-2-1-3-11(15)5-8/h1-5,7H,6H2. The van der Waals surface area contributed by atoms with Crippen LogP contribution in [0.25, 0.3) is 11.3 Å². The molecule has 0 atom stereocenters. The molecule has 0 radical (unpaired) electrons. The third kappa shape index (κ3) is 2.34. The van der Waals surface area contributed by atoms with Gasteiger partial charge in [-0.3, -0.25) is 4.98 Å². The molecule has 0 aliphatic carbocycles. The van der Waals surface area contributed by atoms with Gasteiger partial charge in [0.1, 0.15) is 5.82 Å². The second-order valence-electron chi connectivity index (χ2n) is 3.31. The first kappa shape index (κ1) is 11.4. The zero-order valence-electron chi connectivity index (χ0n) is 8.25. The van der Waals surface area contributed by atoms with E-state index in [-0.39, 0.29) is 5.82 Å². The smallest absolute Gasteiger partial charge is 0.123 e. The fourth-order valence-electron chi connectivity index (χ4n) is 1.48. The Labute approximate surface area is 103 Å². The van der Waals surface area contributed by atoms with Crippen LogP contribution in [0.1, 0.15) is 5.56 Å². The molecule has 0 fully saturated rings. The molecule has 1 nitrogen and oxygen atoms in total. The van der Waals surface area contributed by atoms with Gasteiger partial charge >= 0.3 is 0 Å². The van der Waals surface area contributed by atoms with Gasteiger partial charge in [-0.15, -0.1) is 11.6 Å². The first-order valence-electron chi connectivity index (χ1n) is 4.67. The minimum atomic E-state index is -0.297. The normalized spacial score (nSPS) is 10.4. The lowest BCUT2D eigenvalue weighted by atomic mass is 10.1. The van der Waals surface area contributed by atoms with E-state index in [9.17, 15) is 4.39 Å². The second-order valence-corrected chi connectivity index (χ2v) is 4.01. The Morgan fingerprint density at radius 1 is 1.25 bits per heavy atom. The molecule has 1 aromatic heterocycles. The Balaban J connectivity index is 2.55. The fourth-order valence-corrected chi connectivity index (χ4v) is 1.86. The minimum Gasteiger partial charge on any atom is -0.254 e. The van der Waals surface area contributed by atoms with Gasteiger partial charge in [-0.1, -0.05) is 23.7 Å². The molecule has 2 aromatic rings. The molecule has 0 saturated heterocycles. The first-order chi connectivity index (χ1) is 7.70. The van der Waals surface area contributed by atoms with Crippen molar-refractivity contribution in [2.75, 3.05) is 0 Å². The second kappa shape index (κ2) is 4.81. The summed E-state index contributed by atoms with van der Waals surface area (Å²) in [4.78, 5) is 4.18.